The zero-order chi connectivity index (χ0) is 18.9. The van der Waals surface area contributed by atoms with Gasteiger partial charge in [-0.2, -0.15) is 0 Å². The second kappa shape index (κ2) is 9.83. The first kappa shape index (κ1) is 19.0. The van der Waals surface area contributed by atoms with Crippen LogP contribution in [0, 0.1) is 6.92 Å². The monoisotopic (exact) mass is 370 g/mol. The number of amides is 2. The molecule has 2 aromatic rings. The molecule has 1 aliphatic heterocycles. The number of nitrogens with one attached hydrogen (secondary N) is 2. The van der Waals surface area contributed by atoms with E-state index < -0.39 is 0 Å². The maximum absolute atomic E-state index is 12.0. The van der Waals surface area contributed by atoms with Crippen LogP contribution in [0.5, 0.6) is 11.5 Å². The molecule has 0 spiro atoms. The number of anilines is 1. The predicted octanol–water partition coefficient (Wildman–Crippen LogP) is 3.75. The molecule has 1 aliphatic rings. The number of carbonyl (C=O) groups excluding carboxylic acids is 1. The second-order valence-corrected chi connectivity index (χ2v) is 6.52. The highest BCUT2D eigenvalue weighted by Gasteiger charge is 2.16. The van der Waals surface area contributed by atoms with Gasteiger partial charge in [-0.25, -0.2) is 4.79 Å². The van der Waals surface area contributed by atoms with Crippen LogP contribution >= 0.6 is 0 Å². The van der Waals surface area contributed by atoms with Crippen molar-refractivity contribution in [2.75, 3.05) is 31.7 Å². The van der Waals surface area contributed by atoms with Crippen LogP contribution in [0.3, 0.4) is 0 Å². The lowest BCUT2D eigenvalue weighted by Crippen LogP contribution is -2.32. The van der Waals surface area contributed by atoms with Gasteiger partial charge in [0, 0.05) is 18.4 Å². The zero-order valence-corrected chi connectivity index (χ0v) is 15.6. The van der Waals surface area contributed by atoms with E-state index in [9.17, 15) is 4.79 Å². The molecular weight excluding hydrogens is 344 g/mol. The molecule has 144 valence electrons. The summed E-state index contributed by atoms with van der Waals surface area (Å²) in [5, 5.41) is 5.58. The van der Waals surface area contributed by atoms with E-state index in [0.717, 1.165) is 30.8 Å². The fourth-order valence-electron chi connectivity index (χ4n) is 2.84. The van der Waals surface area contributed by atoms with E-state index in [4.69, 9.17) is 14.2 Å². The molecule has 0 unspecified atom stereocenters. The number of benzene rings is 2. The lowest BCUT2D eigenvalue weighted by molar-refractivity contribution is 0.0680. The van der Waals surface area contributed by atoms with Crippen LogP contribution < -0.4 is 20.1 Å². The summed E-state index contributed by atoms with van der Waals surface area (Å²) in [4.78, 5) is 12.0. The summed E-state index contributed by atoms with van der Waals surface area (Å²) in [5.41, 5.74) is 1.82. The zero-order valence-electron chi connectivity index (χ0n) is 15.6. The number of hydrogen-bond acceptors (Lipinski definition) is 4. The van der Waals surface area contributed by atoms with Crippen LogP contribution in [0.1, 0.15) is 18.4 Å². The molecule has 6 heteroatoms. The summed E-state index contributed by atoms with van der Waals surface area (Å²) in [7, 11) is 0. The molecule has 2 amide bonds. The third kappa shape index (κ3) is 6.49. The molecule has 27 heavy (non-hydrogen) atoms. The highest BCUT2D eigenvalue weighted by Crippen LogP contribution is 2.19. The minimum Gasteiger partial charge on any atom is -0.492 e. The Bertz CT molecular complexity index is 744. The fraction of sp³-hybridized carbons (Fsp3) is 0.381. The van der Waals surface area contributed by atoms with Gasteiger partial charge in [0.1, 0.15) is 24.7 Å². The standard InChI is InChI=1S/C21H26N2O4/c1-16-5-2-7-18(13-16)26-12-10-22-21(24)23-17-6-3-8-19(14-17)27-15-20-9-4-11-25-20/h2-3,5-8,13-14,20H,4,9-12,15H2,1H3,(H2,22,23,24)/t20-/m1/s1. The van der Waals surface area contributed by atoms with Gasteiger partial charge in [0.15, 0.2) is 0 Å². The van der Waals surface area contributed by atoms with Crippen molar-refractivity contribution in [1.82, 2.24) is 5.32 Å². The molecule has 1 fully saturated rings. The molecule has 0 radical (unpaired) electrons. The summed E-state index contributed by atoms with van der Waals surface area (Å²) < 4.78 is 16.9. The van der Waals surface area contributed by atoms with E-state index in [1.54, 1.807) is 6.07 Å². The molecule has 2 aromatic carbocycles. The van der Waals surface area contributed by atoms with Crippen molar-refractivity contribution >= 4 is 11.7 Å². The first-order chi connectivity index (χ1) is 13.2. The molecule has 6 nitrogen and oxygen atoms in total. The van der Waals surface area contributed by atoms with Crippen molar-refractivity contribution in [3.8, 4) is 11.5 Å². The third-order valence-electron chi connectivity index (χ3n) is 4.20. The SMILES string of the molecule is Cc1cccc(OCCNC(=O)Nc2cccc(OC[C@H]3CCCO3)c2)c1. The quantitative estimate of drug-likeness (QED) is 0.695. The van der Waals surface area contributed by atoms with Crippen molar-refractivity contribution in [3.63, 3.8) is 0 Å². The van der Waals surface area contributed by atoms with Gasteiger partial charge >= 0.3 is 6.03 Å². The van der Waals surface area contributed by atoms with Gasteiger partial charge in [-0.15, -0.1) is 0 Å². The molecule has 1 saturated heterocycles. The maximum atomic E-state index is 12.0. The summed E-state index contributed by atoms with van der Waals surface area (Å²) >= 11 is 0. The number of aryl methyl sites for hydroxylation is 1. The molecule has 0 saturated carbocycles. The molecule has 2 N–H and O–H groups in total. The van der Waals surface area contributed by atoms with Crippen LogP contribution in [0.25, 0.3) is 0 Å². The first-order valence-corrected chi connectivity index (χ1v) is 9.28. The van der Waals surface area contributed by atoms with Gasteiger partial charge in [0.25, 0.3) is 0 Å². The van der Waals surface area contributed by atoms with Crippen LogP contribution in [-0.2, 0) is 4.74 Å². The minimum atomic E-state index is -0.279. The Labute approximate surface area is 159 Å². The Hall–Kier alpha value is -2.73. The topological polar surface area (TPSA) is 68.8 Å². The van der Waals surface area contributed by atoms with E-state index in [1.807, 2.05) is 49.4 Å². The Morgan fingerprint density at radius 1 is 1.15 bits per heavy atom. The average Bonchev–Trinajstić information content (AvgIpc) is 3.18. The van der Waals surface area contributed by atoms with Gasteiger partial charge in [-0.3, -0.25) is 0 Å². The van der Waals surface area contributed by atoms with Crippen LogP contribution in [-0.4, -0.2) is 38.5 Å². The average molecular weight is 370 g/mol. The maximum Gasteiger partial charge on any atom is 0.319 e. The normalized spacial score (nSPS) is 16.0. The first-order valence-electron chi connectivity index (χ1n) is 9.28. The Kier molecular flexibility index (Phi) is 6.93. The van der Waals surface area contributed by atoms with E-state index >= 15 is 0 Å². The van der Waals surface area contributed by atoms with Crippen molar-refractivity contribution in [1.29, 1.82) is 0 Å². The van der Waals surface area contributed by atoms with E-state index in [-0.39, 0.29) is 12.1 Å². The molecular formula is C21H26N2O4. The Morgan fingerprint density at radius 3 is 2.74 bits per heavy atom. The molecule has 0 aliphatic carbocycles. The molecule has 0 bridgehead atoms. The van der Waals surface area contributed by atoms with Crippen LogP contribution in [0.4, 0.5) is 10.5 Å². The molecule has 1 atom stereocenters. The highest BCUT2D eigenvalue weighted by atomic mass is 16.5. The molecule has 1 heterocycles. The lowest BCUT2D eigenvalue weighted by Gasteiger charge is -2.13. The van der Waals surface area contributed by atoms with Gasteiger partial charge in [-0.05, 0) is 49.6 Å². The van der Waals surface area contributed by atoms with Gasteiger partial charge in [-0.1, -0.05) is 18.2 Å². The smallest absolute Gasteiger partial charge is 0.319 e. The largest absolute Gasteiger partial charge is 0.492 e. The third-order valence-corrected chi connectivity index (χ3v) is 4.20. The van der Waals surface area contributed by atoms with Crippen molar-refractivity contribution in [2.24, 2.45) is 0 Å². The molecule has 0 aromatic heterocycles. The lowest BCUT2D eigenvalue weighted by atomic mass is 10.2. The van der Waals surface area contributed by atoms with Crippen molar-refractivity contribution in [2.45, 2.75) is 25.9 Å². The van der Waals surface area contributed by atoms with Crippen molar-refractivity contribution < 1.29 is 19.0 Å². The fourth-order valence-corrected chi connectivity index (χ4v) is 2.84. The summed E-state index contributed by atoms with van der Waals surface area (Å²) in [6.07, 6.45) is 2.28. The second-order valence-electron chi connectivity index (χ2n) is 6.52. The summed E-state index contributed by atoms with van der Waals surface area (Å²) in [5.74, 6) is 1.51. The number of carbonyl (C=O) groups is 1. The van der Waals surface area contributed by atoms with E-state index in [0.29, 0.717) is 31.2 Å². The van der Waals surface area contributed by atoms with Crippen molar-refractivity contribution in [3.05, 3.63) is 54.1 Å². The van der Waals surface area contributed by atoms with Gasteiger partial charge in [0.05, 0.1) is 12.6 Å². The Balaban J connectivity index is 1.37. The molecule has 3 rings (SSSR count). The summed E-state index contributed by atoms with van der Waals surface area (Å²) in [6.45, 7) is 4.17. The number of hydrogen-bond donors (Lipinski definition) is 2. The van der Waals surface area contributed by atoms with E-state index in [2.05, 4.69) is 10.6 Å². The Morgan fingerprint density at radius 2 is 1.96 bits per heavy atom. The number of ether oxygens (including phenoxy) is 3. The van der Waals surface area contributed by atoms with Gasteiger partial charge < -0.3 is 24.8 Å². The van der Waals surface area contributed by atoms with E-state index in [1.165, 1.54) is 0 Å². The van der Waals surface area contributed by atoms with Gasteiger partial charge in [0.2, 0.25) is 0 Å². The number of urea groups is 1. The minimum absolute atomic E-state index is 0.165. The van der Waals surface area contributed by atoms with Crippen LogP contribution in [0.15, 0.2) is 48.5 Å². The highest BCUT2D eigenvalue weighted by molar-refractivity contribution is 5.89. The summed E-state index contributed by atoms with van der Waals surface area (Å²) in [6, 6.07) is 14.9. The predicted molar refractivity (Wildman–Crippen MR) is 105 cm³/mol. The number of rotatable bonds is 8. The van der Waals surface area contributed by atoms with Crippen LogP contribution in [0.2, 0.25) is 0 Å².